The van der Waals surface area contributed by atoms with Crippen molar-refractivity contribution in [1.29, 1.82) is 0 Å². The van der Waals surface area contributed by atoms with E-state index in [1.54, 1.807) is 17.0 Å². The van der Waals surface area contributed by atoms with Gasteiger partial charge in [-0.3, -0.25) is 9.59 Å². The van der Waals surface area contributed by atoms with Crippen LogP contribution in [0.5, 0.6) is 17.2 Å². The monoisotopic (exact) mass is 552 g/mol. The smallest absolute Gasteiger partial charge is 0.251 e. The van der Waals surface area contributed by atoms with Crippen LogP contribution in [0, 0.1) is 0 Å². The molecule has 0 aliphatic carbocycles. The molecule has 3 aliphatic heterocycles. The van der Waals surface area contributed by atoms with Crippen LogP contribution in [0.1, 0.15) is 32.6 Å². The van der Waals surface area contributed by atoms with Crippen LogP contribution < -0.4 is 24.4 Å². The summed E-state index contributed by atoms with van der Waals surface area (Å²) in [6, 6.07) is 26.5. The summed E-state index contributed by atoms with van der Waals surface area (Å²) in [5, 5.41) is 3.66. The van der Waals surface area contributed by atoms with Gasteiger partial charge in [-0.1, -0.05) is 54.1 Å². The summed E-state index contributed by atoms with van der Waals surface area (Å²) in [6.45, 7) is 1.26. The molecule has 2 amide bonds. The molecule has 7 rings (SSSR count). The van der Waals surface area contributed by atoms with Gasteiger partial charge < -0.3 is 24.4 Å². The molecule has 8 heteroatoms. The van der Waals surface area contributed by atoms with Gasteiger partial charge in [-0.25, -0.2) is 0 Å². The van der Waals surface area contributed by atoms with E-state index in [0.717, 1.165) is 27.9 Å². The third-order valence-electron chi connectivity index (χ3n) is 7.81. The summed E-state index contributed by atoms with van der Waals surface area (Å²) in [6.07, 6.45) is 0.716. The topological polar surface area (TPSA) is 77.1 Å². The number of carbonyl (C=O) groups excluding carboxylic acids is 2. The van der Waals surface area contributed by atoms with E-state index in [1.165, 1.54) is 0 Å². The lowest BCUT2D eigenvalue weighted by molar-refractivity contribution is -0.122. The van der Waals surface area contributed by atoms with E-state index in [2.05, 4.69) is 5.32 Å². The molecular weight excluding hydrogens is 528 g/mol. The van der Waals surface area contributed by atoms with Gasteiger partial charge in [-0.15, -0.1) is 0 Å². The molecule has 0 saturated carbocycles. The Morgan fingerprint density at radius 1 is 0.850 bits per heavy atom. The number of carbonyl (C=O) groups is 2. The van der Waals surface area contributed by atoms with Crippen molar-refractivity contribution < 1.29 is 23.8 Å². The Bertz CT molecular complexity index is 1640. The largest absolute Gasteiger partial charge is 0.491 e. The summed E-state index contributed by atoms with van der Waals surface area (Å²) in [4.78, 5) is 28.7. The number of para-hydroxylation sites is 1. The number of halogens is 1. The van der Waals surface area contributed by atoms with Crippen LogP contribution in [0.2, 0.25) is 5.02 Å². The molecule has 0 saturated heterocycles. The van der Waals surface area contributed by atoms with E-state index in [-0.39, 0.29) is 25.2 Å². The molecule has 4 aromatic carbocycles. The number of nitrogens with zero attached hydrogens (tertiary/aromatic N) is 1. The first-order chi connectivity index (χ1) is 19.5. The first-order valence-corrected chi connectivity index (χ1v) is 13.5. The quantitative estimate of drug-likeness (QED) is 0.353. The molecule has 40 heavy (non-hydrogen) atoms. The fourth-order valence-electron chi connectivity index (χ4n) is 5.74. The van der Waals surface area contributed by atoms with Crippen LogP contribution in [0.3, 0.4) is 0 Å². The van der Waals surface area contributed by atoms with Gasteiger partial charge in [-0.05, 0) is 59.5 Å². The summed E-state index contributed by atoms with van der Waals surface area (Å²) in [5.74, 6) is 1.70. The van der Waals surface area contributed by atoms with E-state index in [0.29, 0.717) is 47.3 Å². The van der Waals surface area contributed by atoms with E-state index in [1.807, 2.05) is 72.8 Å². The summed E-state index contributed by atoms with van der Waals surface area (Å²) >= 11 is 5.94. The van der Waals surface area contributed by atoms with Crippen molar-refractivity contribution in [3.8, 4) is 17.2 Å². The highest BCUT2D eigenvalue weighted by Crippen LogP contribution is 2.55. The molecule has 0 fully saturated rings. The molecule has 1 atom stereocenters. The van der Waals surface area contributed by atoms with Crippen LogP contribution in [0.25, 0.3) is 0 Å². The molecule has 200 valence electrons. The summed E-state index contributed by atoms with van der Waals surface area (Å²) < 4.78 is 17.2. The third kappa shape index (κ3) is 3.97. The third-order valence-corrected chi connectivity index (χ3v) is 8.06. The van der Waals surface area contributed by atoms with Gasteiger partial charge in [0.2, 0.25) is 12.7 Å². The maximum Gasteiger partial charge on any atom is 0.251 e. The average Bonchev–Trinajstić information content (AvgIpc) is 3.66. The Balaban J connectivity index is 1.09. The standard InChI is InChI=1S/C32H25ClN2O5/c33-23-11-7-20(8-12-23)13-14-34-30(36)22-9-5-21(6-10-22)17-35-26-4-2-1-3-24(26)32(31(35)37)18-38-27-16-29-28(15-25(27)32)39-19-40-29/h1-12,15-16H,13-14,17-19H2,(H,34,36). The zero-order valence-electron chi connectivity index (χ0n) is 21.5. The maximum absolute atomic E-state index is 14.2. The lowest BCUT2D eigenvalue weighted by Gasteiger charge is -2.23. The molecule has 0 bridgehead atoms. The van der Waals surface area contributed by atoms with Crippen LogP contribution in [0.15, 0.2) is 84.9 Å². The van der Waals surface area contributed by atoms with Crippen molar-refractivity contribution in [2.24, 2.45) is 0 Å². The number of hydrogen-bond donors (Lipinski definition) is 1. The van der Waals surface area contributed by atoms with E-state index >= 15 is 0 Å². The minimum Gasteiger partial charge on any atom is -0.491 e. The van der Waals surface area contributed by atoms with Crippen molar-refractivity contribution in [2.75, 3.05) is 24.8 Å². The predicted molar refractivity (Wildman–Crippen MR) is 150 cm³/mol. The Labute approximate surface area is 236 Å². The maximum atomic E-state index is 14.2. The number of amides is 2. The Hall–Kier alpha value is -4.49. The summed E-state index contributed by atoms with van der Waals surface area (Å²) in [5.41, 5.74) is 4.20. The SMILES string of the molecule is O=C(NCCc1ccc(Cl)cc1)c1ccc(CN2C(=O)C3(COc4cc5c(cc43)OCO5)c3ccccc32)cc1. The molecule has 7 nitrogen and oxygen atoms in total. The molecule has 1 N–H and O–H groups in total. The lowest BCUT2D eigenvalue weighted by Crippen LogP contribution is -2.42. The Kier molecular flexibility index (Phi) is 5.90. The molecular formula is C32H25ClN2O5. The summed E-state index contributed by atoms with van der Waals surface area (Å²) in [7, 11) is 0. The van der Waals surface area contributed by atoms with E-state index < -0.39 is 5.41 Å². The van der Waals surface area contributed by atoms with Crippen molar-refractivity contribution in [3.05, 3.63) is 118 Å². The molecule has 3 aliphatic rings. The molecule has 1 spiro atoms. The van der Waals surface area contributed by atoms with Gasteiger partial charge in [0.25, 0.3) is 5.91 Å². The van der Waals surface area contributed by atoms with Crippen molar-refractivity contribution in [1.82, 2.24) is 5.32 Å². The molecule has 0 radical (unpaired) electrons. The van der Waals surface area contributed by atoms with Crippen LogP contribution in [-0.4, -0.2) is 31.8 Å². The van der Waals surface area contributed by atoms with Crippen molar-refractivity contribution >= 4 is 29.1 Å². The highest BCUT2D eigenvalue weighted by atomic mass is 35.5. The predicted octanol–water partition coefficient (Wildman–Crippen LogP) is 5.27. The minimum absolute atomic E-state index is 0.0460. The first-order valence-electron chi connectivity index (χ1n) is 13.1. The second-order valence-corrected chi connectivity index (χ2v) is 10.6. The second kappa shape index (κ2) is 9.61. The zero-order valence-corrected chi connectivity index (χ0v) is 22.2. The molecule has 1 unspecified atom stereocenters. The van der Waals surface area contributed by atoms with Gasteiger partial charge in [0.05, 0.1) is 6.54 Å². The normalized spacial score (nSPS) is 18.0. The lowest BCUT2D eigenvalue weighted by atomic mass is 9.77. The molecule has 4 aromatic rings. The Morgan fingerprint density at radius 3 is 2.38 bits per heavy atom. The number of anilines is 1. The number of fused-ring (bicyclic) bond motifs is 5. The fraction of sp³-hybridized carbons (Fsp3) is 0.188. The van der Waals surface area contributed by atoms with Crippen molar-refractivity contribution in [3.63, 3.8) is 0 Å². The number of hydrogen-bond acceptors (Lipinski definition) is 5. The number of benzene rings is 4. The van der Waals surface area contributed by atoms with Crippen LogP contribution in [0.4, 0.5) is 5.69 Å². The number of rotatable bonds is 6. The first kappa shape index (κ1) is 24.5. The van der Waals surface area contributed by atoms with Gasteiger partial charge in [0.15, 0.2) is 11.5 Å². The minimum atomic E-state index is -0.948. The van der Waals surface area contributed by atoms with Crippen LogP contribution >= 0.6 is 11.6 Å². The van der Waals surface area contributed by atoms with Crippen molar-refractivity contribution in [2.45, 2.75) is 18.4 Å². The van der Waals surface area contributed by atoms with E-state index in [9.17, 15) is 9.59 Å². The van der Waals surface area contributed by atoms with Gasteiger partial charge >= 0.3 is 0 Å². The van der Waals surface area contributed by atoms with E-state index in [4.69, 9.17) is 25.8 Å². The molecule has 3 heterocycles. The highest BCUT2D eigenvalue weighted by molar-refractivity contribution is 6.30. The van der Waals surface area contributed by atoms with Gasteiger partial charge in [0.1, 0.15) is 17.8 Å². The second-order valence-electron chi connectivity index (χ2n) is 10.1. The number of nitrogens with one attached hydrogen (secondary N) is 1. The number of ether oxygens (including phenoxy) is 3. The van der Waals surface area contributed by atoms with Crippen LogP contribution in [-0.2, 0) is 23.2 Å². The van der Waals surface area contributed by atoms with Gasteiger partial charge in [0, 0.05) is 34.4 Å². The molecule has 0 aromatic heterocycles. The Morgan fingerprint density at radius 2 is 1.57 bits per heavy atom. The average molecular weight is 553 g/mol. The highest BCUT2D eigenvalue weighted by Gasteiger charge is 2.57. The fourth-order valence-corrected chi connectivity index (χ4v) is 5.87. The zero-order chi connectivity index (χ0) is 27.3. The van der Waals surface area contributed by atoms with Gasteiger partial charge in [-0.2, -0.15) is 0 Å².